The first-order valence-electron chi connectivity index (χ1n) is 6.82. The second-order valence-corrected chi connectivity index (χ2v) is 5.72. The van der Waals surface area contributed by atoms with E-state index in [0.717, 1.165) is 18.4 Å². The Morgan fingerprint density at radius 2 is 2.00 bits per heavy atom. The number of urea groups is 1. The number of carbonyl (C=O) groups excluding carboxylic acids is 1. The molecule has 2 amide bonds. The Balaban J connectivity index is 1.97. The fourth-order valence-corrected chi connectivity index (χ4v) is 2.52. The molecule has 1 saturated carbocycles. The molecule has 0 saturated heterocycles. The van der Waals surface area contributed by atoms with Crippen LogP contribution in [0.15, 0.2) is 24.3 Å². The van der Waals surface area contributed by atoms with Crippen LogP contribution in [0.25, 0.3) is 0 Å². The summed E-state index contributed by atoms with van der Waals surface area (Å²) in [5.74, 6) is -0.288. The molecule has 0 spiro atoms. The van der Waals surface area contributed by atoms with Crippen molar-refractivity contribution in [2.75, 3.05) is 0 Å². The summed E-state index contributed by atoms with van der Waals surface area (Å²) in [5, 5.41) is 5.89. The van der Waals surface area contributed by atoms with E-state index in [2.05, 4.69) is 10.6 Å². The Hall–Kier alpha value is -1.58. The SMILES string of the molecule is CC(C)(NC(=O)NC1CCCC1)c1cccc(F)c1. The molecule has 0 heterocycles. The summed E-state index contributed by atoms with van der Waals surface area (Å²) < 4.78 is 13.2. The summed E-state index contributed by atoms with van der Waals surface area (Å²) >= 11 is 0. The van der Waals surface area contributed by atoms with E-state index in [9.17, 15) is 9.18 Å². The molecule has 2 N–H and O–H groups in total. The molecule has 3 nitrogen and oxygen atoms in total. The standard InChI is InChI=1S/C15H21FN2O/c1-15(2,11-6-5-7-12(16)10-11)18-14(19)17-13-8-3-4-9-13/h5-7,10,13H,3-4,8-9H2,1-2H3,(H2,17,18,19). The third-order valence-corrected chi connectivity index (χ3v) is 3.66. The second kappa shape index (κ2) is 5.59. The van der Waals surface area contributed by atoms with Gasteiger partial charge in [-0.25, -0.2) is 9.18 Å². The van der Waals surface area contributed by atoms with Gasteiger partial charge in [0.15, 0.2) is 0 Å². The lowest BCUT2D eigenvalue weighted by atomic mass is 9.94. The van der Waals surface area contributed by atoms with Gasteiger partial charge in [-0.15, -0.1) is 0 Å². The molecule has 0 aromatic heterocycles. The van der Waals surface area contributed by atoms with Crippen LogP contribution in [0.5, 0.6) is 0 Å². The molecular weight excluding hydrogens is 243 g/mol. The van der Waals surface area contributed by atoms with Crippen LogP contribution < -0.4 is 10.6 Å². The number of hydrogen-bond donors (Lipinski definition) is 2. The van der Waals surface area contributed by atoms with Crippen molar-refractivity contribution in [1.29, 1.82) is 0 Å². The van der Waals surface area contributed by atoms with Crippen molar-refractivity contribution in [1.82, 2.24) is 10.6 Å². The molecule has 1 aromatic carbocycles. The van der Waals surface area contributed by atoms with Crippen LogP contribution in [0, 0.1) is 5.82 Å². The normalized spacial score (nSPS) is 16.4. The number of hydrogen-bond acceptors (Lipinski definition) is 1. The zero-order valence-corrected chi connectivity index (χ0v) is 11.5. The van der Waals surface area contributed by atoms with Gasteiger partial charge >= 0.3 is 6.03 Å². The third kappa shape index (κ3) is 3.69. The minimum absolute atomic E-state index is 0.179. The van der Waals surface area contributed by atoms with Gasteiger partial charge < -0.3 is 10.6 Å². The van der Waals surface area contributed by atoms with E-state index in [-0.39, 0.29) is 17.9 Å². The number of carbonyl (C=O) groups is 1. The highest BCUT2D eigenvalue weighted by Crippen LogP contribution is 2.21. The average Bonchev–Trinajstić information content (AvgIpc) is 2.81. The molecule has 0 aliphatic heterocycles. The molecule has 4 heteroatoms. The van der Waals surface area contributed by atoms with Crippen molar-refractivity contribution in [3.63, 3.8) is 0 Å². The third-order valence-electron chi connectivity index (χ3n) is 3.66. The number of nitrogens with one attached hydrogen (secondary N) is 2. The molecule has 0 radical (unpaired) electrons. The van der Waals surface area contributed by atoms with E-state index in [0.29, 0.717) is 0 Å². The van der Waals surface area contributed by atoms with Crippen molar-refractivity contribution in [3.05, 3.63) is 35.6 Å². The zero-order valence-electron chi connectivity index (χ0n) is 11.5. The van der Waals surface area contributed by atoms with Gasteiger partial charge in [-0.1, -0.05) is 25.0 Å². The van der Waals surface area contributed by atoms with E-state index in [1.54, 1.807) is 6.07 Å². The summed E-state index contributed by atoms with van der Waals surface area (Å²) in [7, 11) is 0. The van der Waals surface area contributed by atoms with Crippen LogP contribution >= 0.6 is 0 Å². The maximum absolute atomic E-state index is 13.2. The van der Waals surface area contributed by atoms with E-state index in [1.807, 2.05) is 19.9 Å². The van der Waals surface area contributed by atoms with Gasteiger partial charge in [0.05, 0.1) is 5.54 Å². The Labute approximate surface area is 113 Å². The summed E-state index contributed by atoms with van der Waals surface area (Å²) in [4.78, 5) is 12.0. The first kappa shape index (κ1) is 13.8. The fraction of sp³-hybridized carbons (Fsp3) is 0.533. The minimum atomic E-state index is -0.592. The van der Waals surface area contributed by atoms with Crippen LogP contribution in [0.2, 0.25) is 0 Å². The molecule has 0 unspecified atom stereocenters. The van der Waals surface area contributed by atoms with E-state index < -0.39 is 5.54 Å². The summed E-state index contributed by atoms with van der Waals surface area (Å²) in [6.07, 6.45) is 4.46. The van der Waals surface area contributed by atoms with Crippen molar-refractivity contribution in [2.24, 2.45) is 0 Å². The molecule has 104 valence electrons. The van der Waals surface area contributed by atoms with Crippen LogP contribution in [0.4, 0.5) is 9.18 Å². The Morgan fingerprint density at radius 3 is 2.63 bits per heavy atom. The summed E-state index contributed by atoms with van der Waals surface area (Å²) in [6, 6.07) is 6.43. The first-order chi connectivity index (χ1) is 8.97. The Morgan fingerprint density at radius 1 is 1.32 bits per heavy atom. The zero-order chi connectivity index (χ0) is 13.9. The molecular formula is C15H21FN2O. The van der Waals surface area contributed by atoms with Gasteiger partial charge in [-0.3, -0.25) is 0 Å². The molecule has 1 aliphatic carbocycles. The van der Waals surface area contributed by atoms with Gasteiger partial charge in [0.1, 0.15) is 5.82 Å². The highest BCUT2D eigenvalue weighted by molar-refractivity contribution is 5.75. The van der Waals surface area contributed by atoms with Crippen LogP contribution in [0.3, 0.4) is 0 Å². The lowest BCUT2D eigenvalue weighted by Crippen LogP contribution is -2.49. The van der Waals surface area contributed by atoms with Gasteiger partial charge in [-0.2, -0.15) is 0 Å². The quantitative estimate of drug-likeness (QED) is 0.864. The molecule has 0 atom stereocenters. The lowest BCUT2D eigenvalue weighted by Gasteiger charge is -2.28. The predicted octanol–water partition coefficient (Wildman–Crippen LogP) is 3.30. The maximum atomic E-state index is 13.2. The highest BCUT2D eigenvalue weighted by Gasteiger charge is 2.25. The minimum Gasteiger partial charge on any atom is -0.335 e. The van der Waals surface area contributed by atoms with Crippen molar-refractivity contribution in [3.8, 4) is 0 Å². The number of benzene rings is 1. The van der Waals surface area contributed by atoms with Gasteiger partial charge in [0.25, 0.3) is 0 Å². The number of amides is 2. The van der Waals surface area contributed by atoms with Crippen LogP contribution in [0.1, 0.15) is 45.1 Å². The monoisotopic (exact) mass is 264 g/mol. The van der Waals surface area contributed by atoms with E-state index in [4.69, 9.17) is 0 Å². The fourth-order valence-electron chi connectivity index (χ4n) is 2.52. The van der Waals surface area contributed by atoms with E-state index in [1.165, 1.54) is 25.0 Å². The van der Waals surface area contributed by atoms with E-state index >= 15 is 0 Å². The van der Waals surface area contributed by atoms with Crippen LogP contribution in [-0.4, -0.2) is 12.1 Å². The largest absolute Gasteiger partial charge is 0.335 e. The lowest BCUT2D eigenvalue weighted by molar-refractivity contribution is 0.226. The van der Waals surface area contributed by atoms with Gasteiger partial charge in [0.2, 0.25) is 0 Å². The van der Waals surface area contributed by atoms with Gasteiger partial charge in [0, 0.05) is 6.04 Å². The molecule has 2 rings (SSSR count). The van der Waals surface area contributed by atoms with Crippen molar-refractivity contribution in [2.45, 2.75) is 51.1 Å². The second-order valence-electron chi connectivity index (χ2n) is 5.72. The van der Waals surface area contributed by atoms with Crippen molar-refractivity contribution >= 4 is 6.03 Å². The summed E-state index contributed by atoms with van der Waals surface area (Å²) in [6.45, 7) is 3.74. The van der Waals surface area contributed by atoms with Crippen LogP contribution in [-0.2, 0) is 5.54 Å². The molecule has 0 bridgehead atoms. The molecule has 1 aromatic rings. The average molecular weight is 264 g/mol. The summed E-state index contributed by atoms with van der Waals surface area (Å²) in [5.41, 5.74) is 0.166. The van der Waals surface area contributed by atoms with Gasteiger partial charge in [-0.05, 0) is 44.4 Å². The molecule has 1 fully saturated rings. The predicted molar refractivity (Wildman–Crippen MR) is 73.3 cm³/mol. The highest BCUT2D eigenvalue weighted by atomic mass is 19.1. The number of rotatable bonds is 3. The smallest absolute Gasteiger partial charge is 0.315 e. The number of halogens is 1. The molecule has 1 aliphatic rings. The topological polar surface area (TPSA) is 41.1 Å². The Bertz CT molecular complexity index is 453. The molecule has 19 heavy (non-hydrogen) atoms. The van der Waals surface area contributed by atoms with Crippen molar-refractivity contribution < 1.29 is 9.18 Å². The first-order valence-corrected chi connectivity index (χ1v) is 6.82. The maximum Gasteiger partial charge on any atom is 0.315 e. The Kier molecular flexibility index (Phi) is 4.08.